The Labute approximate surface area is 371 Å². The maximum atomic E-state index is 12.7. The van der Waals surface area contributed by atoms with Crippen LogP contribution in [0.25, 0.3) is 0 Å². The van der Waals surface area contributed by atoms with Crippen LogP contribution in [0.15, 0.2) is 97.2 Å². The minimum atomic E-state index is -4.88. The van der Waals surface area contributed by atoms with E-state index in [2.05, 4.69) is 102 Å². The third-order valence-electron chi connectivity index (χ3n) is 8.50. The molecule has 0 aliphatic carbocycles. The van der Waals surface area contributed by atoms with Gasteiger partial charge in [-0.15, -0.1) is 0 Å². The van der Waals surface area contributed by atoms with Crippen molar-refractivity contribution in [2.45, 2.75) is 154 Å². The van der Waals surface area contributed by atoms with Gasteiger partial charge >= 0.3 is 27.6 Å². The Hall–Kier alpha value is -3.00. The third-order valence-corrected chi connectivity index (χ3v) is 9.94. The maximum Gasteiger partial charge on any atom is 0.472 e. The largest absolute Gasteiger partial charge is 0.472 e. The molecule has 0 fully saturated rings. The number of ether oxygens (including phenoxy) is 2. The quantitative estimate of drug-likeness (QED) is 0.0167. The van der Waals surface area contributed by atoms with E-state index in [1.165, 1.54) is 0 Å². The molecule has 0 aromatic carbocycles. The normalized spacial score (nSPS) is 15.4. The average molecular weight is 915 g/mol. The molecule has 62 heavy (non-hydrogen) atoms. The van der Waals surface area contributed by atoms with Gasteiger partial charge in [0, 0.05) is 12.8 Å². The molecular formula is C46H76O14P2. The van der Waals surface area contributed by atoms with Gasteiger partial charge in [-0.25, -0.2) is 9.13 Å². The summed E-state index contributed by atoms with van der Waals surface area (Å²) in [5.41, 5.74) is 0. The molecule has 0 heterocycles. The van der Waals surface area contributed by atoms with E-state index in [4.69, 9.17) is 23.8 Å². The second-order valence-corrected chi connectivity index (χ2v) is 17.1. The number of carbonyl (C=O) groups is 2. The number of aliphatic hydroxyl groups is 2. The van der Waals surface area contributed by atoms with Crippen molar-refractivity contribution in [1.82, 2.24) is 0 Å². The first-order valence-corrected chi connectivity index (χ1v) is 25.0. The fourth-order valence-corrected chi connectivity index (χ4v) is 6.38. The highest BCUT2D eigenvalue weighted by atomic mass is 31.2. The van der Waals surface area contributed by atoms with Crippen molar-refractivity contribution >= 4 is 27.6 Å². The first-order valence-electron chi connectivity index (χ1n) is 22.0. The lowest BCUT2D eigenvalue weighted by Crippen LogP contribution is -2.30. The van der Waals surface area contributed by atoms with Gasteiger partial charge in [0.25, 0.3) is 0 Å². The number of esters is 2. The van der Waals surface area contributed by atoms with Gasteiger partial charge in [0.1, 0.15) is 12.7 Å². The Morgan fingerprint density at radius 3 is 1.53 bits per heavy atom. The van der Waals surface area contributed by atoms with Gasteiger partial charge in [-0.1, -0.05) is 130 Å². The Morgan fingerprint density at radius 1 is 0.516 bits per heavy atom. The van der Waals surface area contributed by atoms with Crippen LogP contribution in [0.2, 0.25) is 0 Å². The first-order chi connectivity index (χ1) is 29.8. The fourth-order valence-electron chi connectivity index (χ4n) is 5.23. The number of aliphatic hydroxyl groups excluding tert-OH is 2. The molecule has 0 saturated heterocycles. The highest BCUT2D eigenvalue weighted by molar-refractivity contribution is 7.47. The molecular weight excluding hydrogens is 838 g/mol. The zero-order chi connectivity index (χ0) is 46.0. The van der Waals surface area contributed by atoms with E-state index in [0.29, 0.717) is 25.7 Å². The summed E-state index contributed by atoms with van der Waals surface area (Å²) in [6.45, 7) is 1.33. The van der Waals surface area contributed by atoms with Crippen LogP contribution < -0.4 is 0 Å². The molecule has 0 saturated carbocycles. The smallest absolute Gasteiger partial charge is 0.462 e. The second-order valence-electron chi connectivity index (χ2n) is 14.4. The van der Waals surface area contributed by atoms with E-state index >= 15 is 0 Å². The van der Waals surface area contributed by atoms with Crippen molar-refractivity contribution in [1.29, 1.82) is 0 Å². The van der Waals surface area contributed by atoms with Gasteiger partial charge in [-0.05, 0) is 89.9 Å². The molecule has 0 aromatic heterocycles. The number of hydrogen-bond donors (Lipinski definition) is 5. The van der Waals surface area contributed by atoms with Gasteiger partial charge in [-0.3, -0.25) is 23.2 Å². The van der Waals surface area contributed by atoms with Crippen LogP contribution in [0.5, 0.6) is 0 Å². The summed E-state index contributed by atoms with van der Waals surface area (Å²) >= 11 is 0. The average Bonchev–Trinajstić information content (AvgIpc) is 3.22. The van der Waals surface area contributed by atoms with Crippen LogP contribution in [0.3, 0.4) is 0 Å². The van der Waals surface area contributed by atoms with Crippen molar-refractivity contribution in [3.63, 3.8) is 0 Å². The minimum Gasteiger partial charge on any atom is -0.462 e. The lowest BCUT2D eigenvalue weighted by molar-refractivity contribution is -0.161. The van der Waals surface area contributed by atoms with E-state index < -0.39 is 66.2 Å². The maximum absolute atomic E-state index is 12.7. The van der Waals surface area contributed by atoms with E-state index in [-0.39, 0.29) is 18.9 Å². The molecule has 0 rings (SSSR count). The molecule has 2 unspecified atom stereocenters. The van der Waals surface area contributed by atoms with Gasteiger partial charge in [0.2, 0.25) is 0 Å². The van der Waals surface area contributed by atoms with E-state index in [9.17, 15) is 33.8 Å². The van der Waals surface area contributed by atoms with Gasteiger partial charge in [0.15, 0.2) is 6.10 Å². The number of allylic oxidation sites excluding steroid dienone is 15. The van der Waals surface area contributed by atoms with Crippen LogP contribution in [0.1, 0.15) is 136 Å². The summed E-state index contributed by atoms with van der Waals surface area (Å²) in [5, 5.41) is 19.5. The minimum absolute atomic E-state index is 0.0784. The Kier molecular flexibility index (Phi) is 38.8. The molecule has 0 aliphatic heterocycles. The molecule has 5 N–H and O–H groups in total. The molecule has 16 heteroatoms. The fraction of sp³-hybridized carbons (Fsp3) is 0.609. The molecule has 14 nitrogen and oxygen atoms in total. The highest BCUT2D eigenvalue weighted by Gasteiger charge is 2.28. The number of hydrogen-bond acceptors (Lipinski definition) is 11. The number of carbonyl (C=O) groups excluding carboxylic acids is 2. The van der Waals surface area contributed by atoms with Crippen LogP contribution in [0, 0.1) is 0 Å². The van der Waals surface area contributed by atoms with Gasteiger partial charge < -0.3 is 34.4 Å². The zero-order valence-electron chi connectivity index (χ0n) is 37.0. The van der Waals surface area contributed by atoms with Crippen molar-refractivity contribution in [2.75, 3.05) is 26.4 Å². The molecule has 4 atom stereocenters. The molecule has 0 amide bonds. The number of rotatable bonds is 40. The lowest BCUT2D eigenvalue weighted by atomic mass is 10.1. The van der Waals surface area contributed by atoms with E-state index in [1.807, 2.05) is 18.2 Å². The SMILES string of the molecule is CC/C=C\C/C=C\C/C=C\C/C=C\CCCCCCC(=O)O[C@H](COC(=O)CCC/C=C\C/C=C\C/C=C\C/C=C\CC(O)CCC)COP(=O)(O)OC[C@@H](O)COP(=O)(O)O. The zero-order valence-corrected chi connectivity index (χ0v) is 38.8. The lowest BCUT2D eigenvalue weighted by Gasteiger charge is -2.20. The monoisotopic (exact) mass is 914 g/mol. The summed E-state index contributed by atoms with van der Waals surface area (Å²) in [7, 11) is -9.72. The third kappa shape index (κ3) is 43.6. The molecule has 0 radical (unpaired) electrons. The van der Waals surface area contributed by atoms with Crippen molar-refractivity contribution in [2.24, 2.45) is 0 Å². The Balaban J connectivity index is 4.68. The van der Waals surface area contributed by atoms with Gasteiger partial charge in [-0.2, -0.15) is 0 Å². The first kappa shape index (κ1) is 59.0. The van der Waals surface area contributed by atoms with Crippen molar-refractivity contribution in [3.05, 3.63) is 97.2 Å². The highest BCUT2D eigenvalue weighted by Crippen LogP contribution is 2.43. The van der Waals surface area contributed by atoms with Crippen LogP contribution in [0.4, 0.5) is 0 Å². The van der Waals surface area contributed by atoms with Crippen LogP contribution in [-0.4, -0.2) is 81.6 Å². The summed E-state index contributed by atoms with van der Waals surface area (Å²) in [5.74, 6) is -1.16. The summed E-state index contributed by atoms with van der Waals surface area (Å²) < 4.78 is 47.7. The van der Waals surface area contributed by atoms with Crippen LogP contribution >= 0.6 is 15.6 Å². The summed E-state index contributed by atoms with van der Waals surface area (Å²) in [6.07, 6.45) is 44.6. The standard InChI is InChI=1S/C46H76O14P2/c1-3-5-6-7-8-9-10-11-12-13-14-17-21-24-27-30-33-37-46(50)60-44(41-59-62(54,55)58-39-43(48)38-57-61(51,52)53)40-56-45(49)36-32-29-26-23-20-18-15-16-19-22-25-28-31-35-42(47)34-4-2/h5-6,8-9,11-12,14-15,17-19,22-23,26,28,31,42-44,47-48H,3-4,7,10,13,16,20-21,24-25,27,29-30,32-41H2,1-2H3,(H,54,55)(H2,51,52,53)/b6-5-,9-8-,12-11-,17-14-,18-15-,22-19-,26-23-,31-28-/t42?,43-,44+/m0/s1. The van der Waals surface area contributed by atoms with E-state index in [0.717, 1.165) is 83.5 Å². The molecule has 354 valence electrons. The molecule has 0 spiro atoms. The molecule has 0 bridgehead atoms. The summed E-state index contributed by atoms with van der Waals surface area (Å²) in [6, 6.07) is 0. The number of unbranched alkanes of at least 4 members (excludes halogenated alkanes) is 5. The number of phosphoric acid groups is 2. The van der Waals surface area contributed by atoms with Crippen LogP contribution in [-0.2, 0) is 41.8 Å². The summed E-state index contributed by atoms with van der Waals surface area (Å²) in [4.78, 5) is 52.7. The molecule has 0 aromatic rings. The Bertz CT molecular complexity index is 1480. The van der Waals surface area contributed by atoms with Crippen molar-refractivity contribution < 1.29 is 66.7 Å². The molecule has 0 aliphatic rings. The van der Waals surface area contributed by atoms with Crippen molar-refractivity contribution in [3.8, 4) is 0 Å². The number of phosphoric ester groups is 2. The predicted octanol–water partition coefficient (Wildman–Crippen LogP) is 10.3. The second kappa shape index (κ2) is 40.8. The predicted molar refractivity (Wildman–Crippen MR) is 245 cm³/mol. The Morgan fingerprint density at radius 2 is 0.984 bits per heavy atom. The van der Waals surface area contributed by atoms with Gasteiger partial charge in [0.05, 0.1) is 25.9 Å². The van der Waals surface area contributed by atoms with E-state index in [1.54, 1.807) is 0 Å². The topological polar surface area (TPSA) is 216 Å².